The van der Waals surface area contributed by atoms with Crippen molar-refractivity contribution in [2.45, 2.75) is 25.8 Å². The molecule has 6 heteroatoms. The summed E-state index contributed by atoms with van der Waals surface area (Å²) in [4.78, 5) is 23.7. The van der Waals surface area contributed by atoms with Crippen molar-refractivity contribution in [2.75, 3.05) is 0 Å². The molecule has 0 aliphatic heterocycles. The van der Waals surface area contributed by atoms with E-state index in [2.05, 4.69) is 5.92 Å². The number of rotatable bonds is 4. The molecule has 0 bridgehead atoms. The van der Waals surface area contributed by atoms with Crippen LogP contribution in [0.15, 0.2) is 9.59 Å². The number of aromatic hydroxyl groups is 1. The Balaban J connectivity index is 2.89. The normalized spacial score (nSPS) is 10.0. The van der Waals surface area contributed by atoms with E-state index in [9.17, 15) is 19.1 Å². The summed E-state index contributed by atoms with van der Waals surface area (Å²) in [5, 5.41) is 9.24. The fourth-order valence-corrected chi connectivity index (χ4v) is 1.24. The second kappa shape index (κ2) is 5.16. The number of nitrogens with zero attached hydrogens (tertiary/aromatic N) is 1. The van der Waals surface area contributed by atoms with Gasteiger partial charge in [-0.05, 0) is 12.8 Å². The highest BCUT2D eigenvalue weighted by atomic mass is 19.1. The molecule has 1 rings (SSSR count). The molecule has 5 nitrogen and oxygen atoms in total. The van der Waals surface area contributed by atoms with Crippen molar-refractivity contribution in [3.05, 3.63) is 26.7 Å². The zero-order valence-corrected chi connectivity index (χ0v) is 8.49. The third kappa shape index (κ3) is 2.51. The lowest BCUT2D eigenvalue weighted by atomic mass is 10.2. The first-order chi connectivity index (χ1) is 7.57. The van der Waals surface area contributed by atoms with Crippen LogP contribution in [0.1, 0.15) is 19.3 Å². The maximum absolute atomic E-state index is 13.0. The number of nitrogens with one attached hydrogen (secondary N) is 1. The summed E-state index contributed by atoms with van der Waals surface area (Å²) in [6.07, 6.45) is 6.75. The van der Waals surface area contributed by atoms with Crippen molar-refractivity contribution >= 4 is 0 Å². The Morgan fingerprint density at radius 1 is 1.44 bits per heavy atom. The first-order valence-electron chi connectivity index (χ1n) is 4.73. The first kappa shape index (κ1) is 12.0. The summed E-state index contributed by atoms with van der Waals surface area (Å²) >= 11 is 0. The summed E-state index contributed by atoms with van der Waals surface area (Å²) in [5.74, 6) is 0.136. The Kier molecular flexibility index (Phi) is 3.89. The van der Waals surface area contributed by atoms with Crippen LogP contribution in [0.5, 0.6) is 5.88 Å². The van der Waals surface area contributed by atoms with E-state index in [0.717, 1.165) is 4.57 Å². The number of unbranched alkanes of at least 4 members (excludes halogenated alkanes) is 2. The predicted octanol–water partition coefficient (Wildman–Crippen LogP) is 0.185. The van der Waals surface area contributed by atoms with Gasteiger partial charge >= 0.3 is 5.69 Å². The molecule has 0 spiro atoms. The Hall–Kier alpha value is -2.03. The number of hydrogen-bond acceptors (Lipinski definition) is 3. The minimum atomic E-state index is -1.35. The van der Waals surface area contributed by atoms with E-state index in [0.29, 0.717) is 19.3 Å². The molecule has 1 aromatic rings. The SMILES string of the molecule is C#CCCCCn1c(O)c(F)c(=O)[nH]c1=O. The van der Waals surface area contributed by atoms with Crippen molar-refractivity contribution in [3.63, 3.8) is 0 Å². The number of terminal acetylenes is 1. The second-order valence-corrected chi connectivity index (χ2v) is 3.21. The van der Waals surface area contributed by atoms with Crippen LogP contribution in [-0.2, 0) is 6.54 Å². The van der Waals surface area contributed by atoms with E-state index < -0.39 is 22.9 Å². The topological polar surface area (TPSA) is 75.1 Å². The lowest BCUT2D eigenvalue weighted by Gasteiger charge is -2.06. The van der Waals surface area contributed by atoms with Crippen molar-refractivity contribution in [1.82, 2.24) is 9.55 Å². The standard InChI is InChI=1S/C10H11FN2O3/c1-2-3-4-5-6-13-9(15)7(11)8(14)12-10(13)16/h1,15H,3-6H2,(H,12,14,16). The van der Waals surface area contributed by atoms with E-state index in [1.54, 1.807) is 4.98 Å². The van der Waals surface area contributed by atoms with Gasteiger partial charge in [-0.2, -0.15) is 4.39 Å². The van der Waals surface area contributed by atoms with Gasteiger partial charge in [0, 0.05) is 13.0 Å². The van der Waals surface area contributed by atoms with E-state index in [-0.39, 0.29) is 6.54 Å². The summed E-state index contributed by atoms with van der Waals surface area (Å²) in [7, 11) is 0. The molecule has 0 radical (unpaired) electrons. The van der Waals surface area contributed by atoms with Crippen LogP contribution in [0.4, 0.5) is 4.39 Å². The van der Waals surface area contributed by atoms with E-state index in [4.69, 9.17) is 6.42 Å². The molecule has 1 heterocycles. The Morgan fingerprint density at radius 2 is 2.12 bits per heavy atom. The van der Waals surface area contributed by atoms with Crippen LogP contribution < -0.4 is 11.2 Å². The van der Waals surface area contributed by atoms with Gasteiger partial charge in [-0.1, -0.05) is 0 Å². The first-order valence-corrected chi connectivity index (χ1v) is 4.73. The van der Waals surface area contributed by atoms with Crippen LogP contribution in [-0.4, -0.2) is 14.7 Å². The van der Waals surface area contributed by atoms with E-state index >= 15 is 0 Å². The molecule has 0 amide bonds. The van der Waals surface area contributed by atoms with E-state index in [1.165, 1.54) is 0 Å². The van der Waals surface area contributed by atoms with Gasteiger partial charge < -0.3 is 5.11 Å². The molecule has 1 aromatic heterocycles. The van der Waals surface area contributed by atoms with Crippen molar-refractivity contribution in [3.8, 4) is 18.2 Å². The number of halogens is 1. The lowest BCUT2D eigenvalue weighted by Crippen LogP contribution is -2.31. The smallest absolute Gasteiger partial charge is 0.331 e. The van der Waals surface area contributed by atoms with Crippen molar-refractivity contribution in [2.24, 2.45) is 0 Å². The maximum atomic E-state index is 13.0. The van der Waals surface area contributed by atoms with Gasteiger partial charge in [-0.3, -0.25) is 14.3 Å². The van der Waals surface area contributed by atoms with Crippen LogP contribution in [0, 0.1) is 18.2 Å². The second-order valence-electron chi connectivity index (χ2n) is 3.21. The summed E-state index contributed by atoms with van der Waals surface area (Å²) in [6, 6.07) is 0. The summed E-state index contributed by atoms with van der Waals surface area (Å²) in [6.45, 7) is 0.111. The molecule has 0 atom stereocenters. The quantitative estimate of drug-likeness (QED) is 0.568. The van der Waals surface area contributed by atoms with E-state index in [1.807, 2.05) is 0 Å². The molecule has 0 aliphatic rings. The molecule has 0 unspecified atom stereocenters. The number of H-pyrrole nitrogens is 1. The minimum Gasteiger partial charge on any atom is -0.492 e. The monoisotopic (exact) mass is 226 g/mol. The van der Waals surface area contributed by atoms with Gasteiger partial charge in [0.1, 0.15) is 0 Å². The molecule has 86 valence electrons. The van der Waals surface area contributed by atoms with Gasteiger partial charge in [-0.25, -0.2) is 4.79 Å². The molecule has 0 aliphatic carbocycles. The maximum Gasteiger partial charge on any atom is 0.331 e. The number of aromatic amines is 1. The van der Waals surface area contributed by atoms with Crippen LogP contribution in [0.3, 0.4) is 0 Å². The predicted molar refractivity (Wildman–Crippen MR) is 55.6 cm³/mol. The highest BCUT2D eigenvalue weighted by molar-refractivity contribution is 5.09. The largest absolute Gasteiger partial charge is 0.492 e. The fraction of sp³-hybridized carbons (Fsp3) is 0.400. The average Bonchev–Trinajstić information content (AvgIpc) is 2.25. The van der Waals surface area contributed by atoms with Gasteiger partial charge in [0.15, 0.2) is 0 Å². The van der Waals surface area contributed by atoms with Crippen molar-refractivity contribution in [1.29, 1.82) is 0 Å². The zero-order valence-electron chi connectivity index (χ0n) is 8.49. The molecular weight excluding hydrogens is 215 g/mol. The number of aromatic nitrogens is 2. The Morgan fingerprint density at radius 3 is 2.75 bits per heavy atom. The molecule has 0 fully saturated rings. The Bertz CT molecular complexity index is 524. The number of hydrogen-bond donors (Lipinski definition) is 2. The fourth-order valence-electron chi connectivity index (χ4n) is 1.24. The molecule has 0 saturated heterocycles. The average molecular weight is 226 g/mol. The third-order valence-electron chi connectivity index (χ3n) is 2.07. The summed E-state index contributed by atoms with van der Waals surface area (Å²) in [5.41, 5.74) is -2.05. The molecule has 16 heavy (non-hydrogen) atoms. The molecule has 0 aromatic carbocycles. The van der Waals surface area contributed by atoms with Gasteiger partial charge in [0.05, 0.1) is 0 Å². The highest BCUT2D eigenvalue weighted by Gasteiger charge is 2.12. The molecule has 2 N–H and O–H groups in total. The molecule has 0 saturated carbocycles. The lowest BCUT2D eigenvalue weighted by molar-refractivity contribution is 0.356. The van der Waals surface area contributed by atoms with Crippen LogP contribution in [0.25, 0.3) is 0 Å². The van der Waals surface area contributed by atoms with Gasteiger partial charge in [0.2, 0.25) is 11.7 Å². The highest BCUT2D eigenvalue weighted by Crippen LogP contribution is 2.08. The Labute approximate surface area is 90.6 Å². The van der Waals surface area contributed by atoms with Crippen molar-refractivity contribution < 1.29 is 9.50 Å². The van der Waals surface area contributed by atoms with Crippen LogP contribution >= 0.6 is 0 Å². The molecular formula is C10H11FN2O3. The van der Waals surface area contributed by atoms with Gasteiger partial charge in [0.25, 0.3) is 5.56 Å². The third-order valence-corrected chi connectivity index (χ3v) is 2.07. The van der Waals surface area contributed by atoms with Gasteiger partial charge in [-0.15, -0.1) is 12.3 Å². The minimum absolute atomic E-state index is 0.111. The summed E-state index contributed by atoms with van der Waals surface area (Å²) < 4.78 is 13.7. The zero-order chi connectivity index (χ0) is 12.1. The van der Waals surface area contributed by atoms with Crippen LogP contribution in [0.2, 0.25) is 0 Å².